The number of para-hydroxylation sites is 1. The van der Waals surface area contributed by atoms with E-state index in [2.05, 4.69) is 15.6 Å². The van der Waals surface area contributed by atoms with Crippen LogP contribution >= 0.6 is 11.8 Å². The zero-order valence-corrected chi connectivity index (χ0v) is 17.6. The van der Waals surface area contributed by atoms with Gasteiger partial charge in [-0.25, -0.2) is 0 Å². The van der Waals surface area contributed by atoms with E-state index in [1.54, 1.807) is 43.8 Å². The van der Waals surface area contributed by atoms with E-state index in [1.165, 1.54) is 11.8 Å². The summed E-state index contributed by atoms with van der Waals surface area (Å²) in [6, 6.07) is 18.2. The zero-order chi connectivity index (χ0) is 21.3. The lowest BCUT2D eigenvalue weighted by Crippen LogP contribution is -2.27. The van der Waals surface area contributed by atoms with Gasteiger partial charge in [0.25, 0.3) is 5.91 Å². The summed E-state index contributed by atoms with van der Waals surface area (Å²) in [7, 11) is 1.61. The summed E-state index contributed by atoms with van der Waals surface area (Å²) in [6.07, 6.45) is 3.38. The molecule has 0 bridgehead atoms. The van der Waals surface area contributed by atoms with Gasteiger partial charge >= 0.3 is 0 Å². The van der Waals surface area contributed by atoms with Crippen molar-refractivity contribution in [2.24, 2.45) is 0 Å². The Morgan fingerprint density at radius 1 is 1.07 bits per heavy atom. The highest BCUT2D eigenvalue weighted by molar-refractivity contribution is 8.00. The van der Waals surface area contributed by atoms with Crippen LogP contribution in [0.3, 0.4) is 0 Å². The number of carbonyl (C=O) groups is 2. The molecule has 0 spiro atoms. The first-order valence-corrected chi connectivity index (χ1v) is 10.3. The fourth-order valence-corrected chi connectivity index (χ4v) is 3.58. The van der Waals surface area contributed by atoms with Crippen molar-refractivity contribution >= 4 is 29.3 Å². The molecular formula is C23H23N3O3S. The van der Waals surface area contributed by atoms with Crippen molar-refractivity contribution in [1.82, 2.24) is 10.3 Å². The number of pyridine rings is 1. The molecule has 3 rings (SSSR count). The topological polar surface area (TPSA) is 80.3 Å². The smallest absolute Gasteiger partial charge is 0.253 e. The molecular weight excluding hydrogens is 398 g/mol. The lowest BCUT2D eigenvalue weighted by Gasteiger charge is -2.15. The van der Waals surface area contributed by atoms with Crippen molar-refractivity contribution in [2.45, 2.75) is 23.6 Å². The molecule has 7 heteroatoms. The molecule has 0 aliphatic rings. The number of hydrogen-bond donors (Lipinski definition) is 2. The normalized spacial score (nSPS) is 11.4. The second-order valence-corrected chi connectivity index (χ2v) is 7.93. The largest absolute Gasteiger partial charge is 0.497 e. The maximum absolute atomic E-state index is 12.7. The summed E-state index contributed by atoms with van der Waals surface area (Å²) in [4.78, 5) is 30.3. The first-order valence-electron chi connectivity index (χ1n) is 9.44. The van der Waals surface area contributed by atoms with Gasteiger partial charge in [0.15, 0.2) is 0 Å². The standard InChI is InChI=1S/C23H23N3O3S/c1-16(30-19-11-9-18(29-2)10-12-19)22(27)26-21-8-4-3-7-20(21)23(28)25-15-17-6-5-13-24-14-17/h3-14,16H,15H2,1-2H3,(H,25,28)(H,26,27). The lowest BCUT2D eigenvalue weighted by atomic mass is 10.1. The Bertz CT molecular complexity index is 994. The molecule has 0 aliphatic heterocycles. The molecule has 6 nitrogen and oxygen atoms in total. The van der Waals surface area contributed by atoms with Gasteiger partial charge in [-0.3, -0.25) is 14.6 Å². The minimum atomic E-state index is -0.343. The van der Waals surface area contributed by atoms with E-state index < -0.39 is 0 Å². The fraction of sp³-hybridized carbons (Fsp3) is 0.174. The van der Waals surface area contributed by atoms with Crippen LogP contribution in [0.4, 0.5) is 5.69 Å². The molecule has 0 aliphatic carbocycles. The predicted octanol–water partition coefficient (Wildman–Crippen LogP) is 4.14. The molecule has 2 amide bonds. The van der Waals surface area contributed by atoms with Crippen LogP contribution in [-0.2, 0) is 11.3 Å². The molecule has 1 heterocycles. The van der Waals surface area contributed by atoms with E-state index in [0.717, 1.165) is 16.2 Å². The monoisotopic (exact) mass is 421 g/mol. The second-order valence-electron chi connectivity index (χ2n) is 6.51. The molecule has 3 aromatic rings. The number of hydrogen-bond acceptors (Lipinski definition) is 5. The Labute approximate surface area is 180 Å². The Morgan fingerprint density at radius 2 is 1.83 bits per heavy atom. The van der Waals surface area contributed by atoms with Gasteiger partial charge in [0, 0.05) is 23.8 Å². The summed E-state index contributed by atoms with van der Waals surface area (Å²) >= 11 is 1.44. The quantitative estimate of drug-likeness (QED) is 0.535. The van der Waals surface area contributed by atoms with E-state index >= 15 is 0 Å². The van der Waals surface area contributed by atoms with E-state index in [-0.39, 0.29) is 17.1 Å². The van der Waals surface area contributed by atoms with E-state index in [4.69, 9.17) is 4.74 Å². The van der Waals surface area contributed by atoms with Gasteiger partial charge in [-0.15, -0.1) is 11.8 Å². The van der Waals surface area contributed by atoms with Crippen molar-refractivity contribution in [1.29, 1.82) is 0 Å². The summed E-state index contributed by atoms with van der Waals surface area (Å²) < 4.78 is 5.15. The maximum Gasteiger partial charge on any atom is 0.253 e. The Hall–Kier alpha value is -3.32. The van der Waals surface area contributed by atoms with Crippen LogP contribution < -0.4 is 15.4 Å². The van der Waals surface area contributed by atoms with Crippen LogP contribution in [0.2, 0.25) is 0 Å². The number of aromatic nitrogens is 1. The van der Waals surface area contributed by atoms with Crippen molar-refractivity contribution in [2.75, 3.05) is 12.4 Å². The molecule has 30 heavy (non-hydrogen) atoms. The van der Waals surface area contributed by atoms with Crippen molar-refractivity contribution in [3.05, 3.63) is 84.2 Å². The number of anilines is 1. The number of ether oxygens (including phenoxy) is 1. The van der Waals surface area contributed by atoms with Crippen LogP contribution in [0.25, 0.3) is 0 Å². The Morgan fingerprint density at radius 3 is 2.53 bits per heavy atom. The van der Waals surface area contributed by atoms with Crippen LogP contribution in [0.15, 0.2) is 78.0 Å². The second kappa shape index (κ2) is 10.5. The maximum atomic E-state index is 12.7. The molecule has 1 atom stereocenters. The van der Waals surface area contributed by atoms with Crippen LogP contribution in [0.1, 0.15) is 22.8 Å². The number of thioether (sulfide) groups is 1. The van der Waals surface area contributed by atoms with Crippen LogP contribution in [0, 0.1) is 0 Å². The Kier molecular flexibility index (Phi) is 7.45. The SMILES string of the molecule is COc1ccc(SC(C)C(=O)Nc2ccccc2C(=O)NCc2cccnc2)cc1. The molecule has 2 N–H and O–H groups in total. The highest BCUT2D eigenvalue weighted by Crippen LogP contribution is 2.26. The van der Waals surface area contributed by atoms with E-state index in [9.17, 15) is 9.59 Å². The number of nitrogens with one attached hydrogen (secondary N) is 2. The van der Waals surface area contributed by atoms with Crippen LogP contribution in [0.5, 0.6) is 5.75 Å². The summed E-state index contributed by atoms with van der Waals surface area (Å²) in [5.74, 6) is 0.330. The molecule has 0 radical (unpaired) electrons. The average molecular weight is 422 g/mol. The number of amides is 2. The third-order valence-electron chi connectivity index (χ3n) is 4.35. The first kappa shape index (κ1) is 21.4. The molecule has 1 aromatic heterocycles. The summed E-state index contributed by atoms with van der Waals surface area (Å²) in [5, 5.41) is 5.39. The number of nitrogens with zero attached hydrogens (tertiary/aromatic N) is 1. The highest BCUT2D eigenvalue weighted by atomic mass is 32.2. The lowest BCUT2D eigenvalue weighted by molar-refractivity contribution is -0.115. The van der Waals surface area contributed by atoms with E-state index in [1.807, 2.05) is 43.3 Å². The number of methoxy groups -OCH3 is 1. The summed E-state index contributed by atoms with van der Waals surface area (Å²) in [5.41, 5.74) is 1.79. The molecule has 0 saturated heterocycles. The van der Waals surface area contributed by atoms with Crippen molar-refractivity contribution < 1.29 is 14.3 Å². The van der Waals surface area contributed by atoms with Gasteiger partial charge in [-0.2, -0.15) is 0 Å². The van der Waals surface area contributed by atoms with Gasteiger partial charge in [-0.1, -0.05) is 18.2 Å². The number of carbonyl (C=O) groups excluding carboxylic acids is 2. The predicted molar refractivity (Wildman–Crippen MR) is 119 cm³/mol. The third-order valence-corrected chi connectivity index (χ3v) is 5.46. The Balaban J connectivity index is 1.62. The van der Waals surface area contributed by atoms with Crippen LogP contribution in [-0.4, -0.2) is 29.2 Å². The van der Waals surface area contributed by atoms with Gasteiger partial charge in [0.05, 0.1) is 23.6 Å². The van der Waals surface area contributed by atoms with E-state index in [0.29, 0.717) is 17.8 Å². The number of rotatable bonds is 8. The third kappa shape index (κ3) is 5.84. The van der Waals surface area contributed by atoms with Gasteiger partial charge in [0.1, 0.15) is 5.75 Å². The molecule has 154 valence electrons. The molecule has 0 fully saturated rings. The van der Waals surface area contributed by atoms with Gasteiger partial charge in [0.2, 0.25) is 5.91 Å². The number of benzene rings is 2. The molecule has 1 unspecified atom stereocenters. The average Bonchev–Trinajstić information content (AvgIpc) is 2.79. The zero-order valence-electron chi connectivity index (χ0n) is 16.8. The molecule has 0 saturated carbocycles. The minimum absolute atomic E-state index is 0.177. The summed E-state index contributed by atoms with van der Waals surface area (Å²) in [6.45, 7) is 2.19. The van der Waals surface area contributed by atoms with Crippen molar-refractivity contribution in [3.8, 4) is 5.75 Å². The van der Waals surface area contributed by atoms with Gasteiger partial charge in [-0.05, 0) is 55.0 Å². The first-order chi connectivity index (χ1) is 14.6. The highest BCUT2D eigenvalue weighted by Gasteiger charge is 2.18. The van der Waals surface area contributed by atoms with Gasteiger partial charge < -0.3 is 15.4 Å². The molecule has 2 aromatic carbocycles. The van der Waals surface area contributed by atoms with Crippen molar-refractivity contribution in [3.63, 3.8) is 0 Å². The minimum Gasteiger partial charge on any atom is -0.497 e. The fourth-order valence-electron chi connectivity index (χ4n) is 2.72.